The SMILES string of the molecule is C[C@H](CC(=O)N(CCO)Cc1cncn1C)c1ccccc1. The van der Waals surface area contributed by atoms with Gasteiger partial charge < -0.3 is 14.6 Å². The number of nitrogens with zero attached hydrogens (tertiary/aromatic N) is 3. The fourth-order valence-corrected chi connectivity index (χ4v) is 2.44. The lowest BCUT2D eigenvalue weighted by atomic mass is 9.97. The smallest absolute Gasteiger partial charge is 0.223 e. The predicted octanol–water partition coefficient (Wildman–Crippen LogP) is 1.93. The van der Waals surface area contributed by atoms with Gasteiger partial charge in [0.05, 0.1) is 25.2 Å². The molecule has 1 atom stereocenters. The van der Waals surface area contributed by atoms with Gasteiger partial charge in [0.2, 0.25) is 5.91 Å². The van der Waals surface area contributed by atoms with E-state index in [0.717, 1.165) is 11.3 Å². The van der Waals surface area contributed by atoms with Crippen LogP contribution < -0.4 is 0 Å². The Bertz CT molecular complexity index is 595. The molecule has 0 radical (unpaired) electrons. The second kappa shape index (κ2) is 7.75. The van der Waals surface area contributed by atoms with Gasteiger partial charge in [0.1, 0.15) is 0 Å². The summed E-state index contributed by atoms with van der Waals surface area (Å²) in [5, 5.41) is 9.22. The van der Waals surface area contributed by atoms with Crippen molar-refractivity contribution < 1.29 is 9.90 Å². The highest BCUT2D eigenvalue weighted by molar-refractivity contribution is 5.77. The molecule has 1 N–H and O–H groups in total. The molecule has 2 aromatic rings. The molecule has 5 nitrogen and oxygen atoms in total. The lowest BCUT2D eigenvalue weighted by Gasteiger charge is -2.23. The molecule has 1 amide bonds. The summed E-state index contributed by atoms with van der Waals surface area (Å²) >= 11 is 0. The van der Waals surface area contributed by atoms with Crippen LogP contribution in [0, 0.1) is 0 Å². The van der Waals surface area contributed by atoms with E-state index in [1.807, 2.05) is 41.9 Å². The number of aliphatic hydroxyl groups is 1. The number of hydrogen-bond donors (Lipinski definition) is 1. The van der Waals surface area contributed by atoms with Crippen LogP contribution in [0.5, 0.6) is 0 Å². The average Bonchev–Trinajstić information content (AvgIpc) is 2.93. The molecular formula is C17H23N3O2. The quantitative estimate of drug-likeness (QED) is 0.850. The van der Waals surface area contributed by atoms with E-state index in [9.17, 15) is 9.90 Å². The topological polar surface area (TPSA) is 58.4 Å². The van der Waals surface area contributed by atoms with Gasteiger partial charge in [-0.1, -0.05) is 37.3 Å². The van der Waals surface area contributed by atoms with E-state index in [2.05, 4.69) is 11.9 Å². The van der Waals surface area contributed by atoms with Crippen molar-refractivity contribution in [2.75, 3.05) is 13.2 Å². The van der Waals surface area contributed by atoms with E-state index < -0.39 is 0 Å². The first-order valence-corrected chi connectivity index (χ1v) is 7.50. The number of carbonyl (C=O) groups is 1. The third-order valence-corrected chi connectivity index (χ3v) is 3.84. The minimum absolute atomic E-state index is 0.0384. The van der Waals surface area contributed by atoms with Crippen LogP contribution in [-0.4, -0.2) is 38.6 Å². The Hall–Kier alpha value is -2.14. The molecule has 1 heterocycles. The molecule has 118 valence electrons. The molecule has 1 aromatic heterocycles. The van der Waals surface area contributed by atoms with Crippen LogP contribution in [0.1, 0.15) is 30.5 Å². The summed E-state index contributed by atoms with van der Waals surface area (Å²) in [6, 6.07) is 10.0. The highest BCUT2D eigenvalue weighted by Crippen LogP contribution is 2.20. The summed E-state index contributed by atoms with van der Waals surface area (Å²) in [5.41, 5.74) is 2.11. The summed E-state index contributed by atoms with van der Waals surface area (Å²) < 4.78 is 1.89. The molecule has 0 spiro atoms. The molecule has 2 rings (SSSR count). The summed E-state index contributed by atoms with van der Waals surface area (Å²) in [4.78, 5) is 18.3. The average molecular weight is 301 g/mol. The van der Waals surface area contributed by atoms with Gasteiger partial charge in [0.15, 0.2) is 0 Å². The number of hydrogen-bond acceptors (Lipinski definition) is 3. The van der Waals surface area contributed by atoms with Crippen molar-refractivity contribution in [3.05, 3.63) is 54.1 Å². The van der Waals surface area contributed by atoms with Gasteiger partial charge in [-0.15, -0.1) is 0 Å². The fourth-order valence-electron chi connectivity index (χ4n) is 2.44. The van der Waals surface area contributed by atoms with Gasteiger partial charge in [-0.3, -0.25) is 4.79 Å². The number of benzene rings is 1. The first kappa shape index (κ1) is 16.2. The van der Waals surface area contributed by atoms with Crippen molar-refractivity contribution in [3.8, 4) is 0 Å². The Balaban J connectivity index is 2.02. The molecule has 0 aliphatic heterocycles. The molecular weight excluding hydrogens is 278 g/mol. The standard InChI is InChI=1S/C17H23N3O2/c1-14(15-6-4-3-5-7-15)10-17(22)20(8-9-21)12-16-11-18-13-19(16)2/h3-7,11,13-14,21H,8-10,12H2,1-2H3/t14-/m1/s1. The zero-order chi connectivity index (χ0) is 15.9. The van der Waals surface area contributed by atoms with E-state index in [1.54, 1.807) is 17.4 Å². The lowest BCUT2D eigenvalue weighted by molar-refractivity contribution is -0.132. The number of imidazole rings is 1. The molecule has 0 saturated carbocycles. The molecule has 0 bridgehead atoms. The number of aryl methyl sites for hydroxylation is 1. The summed E-state index contributed by atoms with van der Waals surface area (Å²) in [6.45, 7) is 2.82. The molecule has 0 saturated heterocycles. The second-order valence-corrected chi connectivity index (χ2v) is 5.55. The van der Waals surface area contributed by atoms with E-state index in [4.69, 9.17) is 0 Å². The van der Waals surface area contributed by atoms with Crippen LogP contribution >= 0.6 is 0 Å². The van der Waals surface area contributed by atoms with Crippen molar-refractivity contribution in [1.82, 2.24) is 14.5 Å². The van der Waals surface area contributed by atoms with Crippen LogP contribution in [0.15, 0.2) is 42.9 Å². The van der Waals surface area contributed by atoms with Crippen LogP contribution in [0.3, 0.4) is 0 Å². The Morgan fingerprint density at radius 2 is 2.09 bits per heavy atom. The maximum absolute atomic E-state index is 12.5. The van der Waals surface area contributed by atoms with Crippen LogP contribution in [0.2, 0.25) is 0 Å². The number of aliphatic hydroxyl groups excluding tert-OH is 1. The van der Waals surface area contributed by atoms with E-state index >= 15 is 0 Å². The minimum Gasteiger partial charge on any atom is -0.395 e. The van der Waals surface area contributed by atoms with Crippen molar-refractivity contribution >= 4 is 5.91 Å². The summed E-state index contributed by atoms with van der Waals surface area (Å²) in [6.07, 6.45) is 3.89. The Morgan fingerprint density at radius 1 is 1.36 bits per heavy atom. The molecule has 0 aliphatic carbocycles. The van der Waals surface area contributed by atoms with E-state index in [-0.39, 0.29) is 18.4 Å². The highest BCUT2D eigenvalue weighted by Gasteiger charge is 2.18. The second-order valence-electron chi connectivity index (χ2n) is 5.55. The van der Waals surface area contributed by atoms with Crippen molar-refractivity contribution in [2.24, 2.45) is 7.05 Å². The number of amides is 1. The molecule has 5 heteroatoms. The number of carbonyl (C=O) groups excluding carboxylic acids is 1. The molecule has 0 aliphatic rings. The molecule has 0 fully saturated rings. The maximum Gasteiger partial charge on any atom is 0.223 e. The van der Waals surface area contributed by atoms with Gasteiger partial charge >= 0.3 is 0 Å². The Kier molecular flexibility index (Phi) is 5.72. The third kappa shape index (κ3) is 4.18. The van der Waals surface area contributed by atoms with Gasteiger partial charge in [0.25, 0.3) is 0 Å². The van der Waals surface area contributed by atoms with Gasteiger partial charge in [-0.25, -0.2) is 4.98 Å². The summed E-state index contributed by atoms with van der Waals surface area (Å²) in [7, 11) is 1.90. The Labute approximate surface area is 131 Å². The van der Waals surface area contributed by atoms with Crippen molar-refractivity contribution in [1.29, 1.82) is 0 Å². The van der Waals surface area contributed by atoms with E-state index in [1.165, 1.54) is 0 Å². The van der Waals surface area contributed by atoms with E-state index in [0.29, 0.717) is 19.5 Å². The van der Waals surface area contributed by atoms with Gasteiger partial charge in [0, 0.05) is 26.2 Å². The molecule has 1 aromatic carbocycles. The predicted molar refractivity (Wildman–Crippen MR) is 85.2 cm³/mol. The largest absolute Gasteiger partial charge is 0.395 e. The van der Waals surface area contributed by atoms with Crippen LogP contribution in [-0.2, 0) is 18.4 Å². The lowest BCUT2D eigenvalue weighted by Crippen LogP contribution is -2.34. The molecule has 22 heavy (non-hydrogen) atoms. The van der Waals surface area contributed by atoms with Crippen LogP contribution in [0.25, 0.3) is 0 Å². The first-order chi connectivity index (χ1) is 10.6. The Morgan fingerprint density at radius 3 is 2.68 bits per heavy atom. The number of aromatic nitrogens is 2. The third-order valence-electron chi connectivity index (χ3n) is 3.84. The molecule has 0 unspecified atom stereocenters. The zero-order valence-corrected chi connectivity index (χ0v) is 13.1. The zero-order valence-electron chi connectivity index (χ0n) is 13.1. The maximum atomic E-state index is 12.5. The normalized spacial score (nSPS) is 12.1. The number of rotatable bonds is 7. The van der Waals surface area contributed by atoms with Crippen molar-refractivity contribution in [2.45, 2.75) is 25.8 Å². The fraction of sp³-hybridized carbons (Fsp3) is 0.412. The summed E-state index contributed by atoms with van der Waals surface area (Å²) in [5.74, 6) is 0.202. The van der Waals surface area contributed by atoms with Gasteiger partial charge in [-0.2, -0.15) is 0 Å². The van der Waals surface area contributed by atoms with Crippen LogP contribution in [0.4, 0.5) is 0 Å². The monoisotopic (exact) mass is 301 g/mol. The van der Waals surface area contributed by atoms with Crippen molar-refractivity contribution in [3.63, 3.8) is 0 Å². The first-order valence-electron chi connectivity index (χ1n) is 7.50. The highest BCUT2D eigenvalue weighted by atomic mass is 16.3. The minimum atomic E-state index is -0.0384. The van der Waals surface area contributed by atoms with Gasteiger partial charge in [-0.05, 0) is 11.5 Å².